The molecule has 0 atom stereocenters. The van der Waals surface area contributed by atoms with E-state index < -0.39 is 5.91 Å². The minimum absolute atomic E-state index is 0.256. The first kappa shape index (κ1) is 20.2. The highest BCUT2D eigenvalue weighted by atomic mass is 35.5. The fraction of sp³-hybridized carbons (Fsp3) is 0.0476. The lowest BCUT2D eigenvalue weighted by molar-refractivity contribution is 0.0955. The van der Waals surface area contributed by atoms with Gasteiger partial charge in [0.05, 0.1) is 16.8 Å². The highest BCUT2D eigenvalue weighted by molar-refractivity contribution is 6.36. The molecule has 0 aliphatic heterocycles. The smallest absolute Gasteiger partial charge is 0.272 e. The lowest BCUT2D eigenvalue weighted by Gasteiger charge is -2.09. The van der Waals surface area contributed by atoms with E-state index in [0.29, 0.717) is 22.4 Å². The molecule has 0 bridgehead atoms. The monoisotopic (exact) mass is 432 g/mol. The van der Waals surface area contributed by atoms with Crippen molar-refractivity contribution < 1.29 is 9.53 Å². The zero-order valence-electron chi connectivity index (χ0n) is 14.5. The zero-order chi connectivity index (χ0) is 19.9. The molecule has 3 rings (SSSR count). The third-order valence-corrected chi connectivity index (χ3v) is 4.57. The van der Waals surface area contributed by atoms with Crippen LogP contribution in [0, 0.1) is 0 Å². The normalized spacial score (nSPS) is 10.8. The summed E-state index contributed by atoms with van der Waals surface area (Å²) >= 11 is 17.8. The van der Waals surface area contributed by atoms with Crippen molar-refractivity contribution >= 4 is 46.9 Å². The van der Waals surface area contributed by atoms with Gasteiger partial charge in [-0.05, 0) is 48.0 Å². The molecule has 1 N–H and O–H groups in total. The average Bonchev–Trinajstić information content (AvgIpc) is 2.68. The number of hydrogen-bond acceptors (Lipinski definition) is 3. The number of rotatable bonds is 6. The third-order valence-electron chi connectivity index (χ3n) is 3.77. The molecule has 0 saturated heterocycles. The van der Waals surface area contributed by atoms with Crippen molar-refractivity contribution in [1.29, 1.82) is 0 Å². The molecule has 0 fully saturated rings. The molecule has 0 aliphatic rings. The summed E-state index contributed by atoms with van der Waals surface area (Å²) in [5, 5.41) is 5.38. The number of nitrogens with one attached hydrogen (secondary N) is 1. The van der Waals surface area contributed by atoms with Crippen molar-refractivity contribution in [3.05, 3.63) is 98.5 Å². The van der Waals surface area contributed by atoms with Gasteiger partial charge in [-0.15, -0.1) is 0 Å². The van der Waals surface area contributed by atoms with Crippen LogP contribution >= 0.6 is 34.8 Å². The molecule has 0 aliphatic carbocycles. The molecule has 0 heterocycles. The van der Waals surface area contributed by atoms with Gasteiger partial charge in [-0.1, -0.05) is 59.1 Å². The van der Waals surface area contributed by atoms with Gasteiger partial charge in [-0.25, -0.2) is 5.43 Å². The van der Waals surface area contributed by atoms with E-state index in [1.165, 1.54) is 12.3 Å². The number of para-hydroxylation sites is 1. The Kier molecular flexibility index (Phi) is 6.93. The summed E-state index contributed by atoms with van der Waals surface area (Å²) in [5.74, 6) is 0.206. The van der Waals surface area contributed by atoms with E-state index >= 15 is 0 Å². The van der Waals surface area contributed by atoms with Crippen LogP contribution in [0.3, 0.4) is 0 Å². The van der Waals surface area contributed by atoms with Crippen molar-refractivity contribution in [3.63, 3.8) is 0 Å². The van der Waals surface area contributed by atoms with Gasteiger partial charge in [0.15, 0.2) is 0 Å². The third kappa shape index (κ3) is 5.49. The molecular weight excluding hydrogens is 419 g/mol. The Bertz CT molecular complexity index is 1000. The van der Waals surface area contributed by atoms with Crippen molar-refractivity contribution in [2.75, 3.05) is 0 Å². The summed E-state index contributed by atoms with van der Waals surface area (Å²) in [7, 11) is 0. The van der Waals surface area contributed by atoms with E-state index in [1.807, 2.05) is 48.5 Å². The molecule has 142 valence electrons. The van der Waals surface area contributed by atoms with E-state index in [0.717, 1.165) is 11.1 Å². The summed E-state index contributed by atoms with van der Waals surface area (Å²) in [6, 6.07) is 19.4. The maximum absolute atomic E-state index is 12.2. The maximum Gasteiger partial charge on any atom is 0.272 e. The molecular formula is C21H15Cl3N2O2. The Morgan fingerprint density at radius 1 is 0.964 bits per heavy atom. The van der Waals surface area contributed by atoms with Crippen LogP contribution in [-0.2, 0) is 6.61 Å². The lowest BCUT2D eigenvalue weighted by Crippen LogP contribution is -2.18. The summed E-state index contributed by atoms with van der Waals surface area (Å²) < 4.78 is 5.85. The van der Waals surface area contributed by atoms with Gasteiger partial charge in [-0.3, -0.25) is 4.79 Å². The molecule has 1 amide bonds. The zero-order valence-corrected chi connectivity index (χ0v) is 16.8. The second kappa shape index (κ2) is 9.60. The van der Waals surface area contributed by atoms with E-state index in [4.69, 9.17) is 39.5 Å². The number of halogens is 3. The predicted octanol–water partition coefficient (Wildman–Crippen LogP) is 5.99. The fourth-order valence-electron chi connectivity index (χ4n) is 2.35. The number of hydrazone groups is 1. The summed E-state index contributed by atoms with van der Waals surface area (Å²) in [4.78, 5) is 12.2. The molecule has 4 nitrogen and oxygen atoms in total. The van der Waals surface area contributed by atoms with Crippen LogP contribution in [0.1, 0.15) is 21.5 Å². The van der Waals surface area contributed by atoms with Gasteiger partial charge in [0.25, 0.3) is 5.91 Å². The van der Waals surface area contributed by atoms with E-state index in [1.54, 1.807) is 12.1 Å². The Labute approximate surface area is 177 Å². The van der Waals surface area contributed by atoms with Gasteiger partial charge < -0.3 is 4.74 Å². The summed E-state index contributed by atoms with van der Waals surface area (Å²) in [5.41, 5.74) is 4.44. The van der Waals surface area contributed by atoms with E-state index in [9.17, 15) is 4.79 Å². The SMILES string of the molecule is O=C(N/N=C/c1ccccc1OCc1ccc(Cl)cc1)c1ccc(Cl)cc1Cl. The van der Waals surface area contributed by atoms with Crippen LogP contribution in [0.2, 0.25) is 15.1 Å². The Hall–Kier alpha value is -2.53. The molecule has 0 radical (unpaired) electrons. The quantitative estimate of drug-likeness (QED) is 0.383. The topological polar surface area (TPSA) is 50.7 Å². The lowest BCUT2D eigenvalue weighted by atomic mass is 10.2. The summed E-state index contributed by atoms with van der Waals surface area (Å²) in [6.45, 7) is 0.384. The summed E-state index contributed by atoms with van der Waals surface area (Å²) in [6.07, 6.45) is 1.51. The fourth-order valence-corrected chi connectivity index (χ4v) is 2.97. The average molecular weight is 434 g/mol. The first-order chi connectivity index (χ1) is 13.5. The van der Waals surface area contributed by atoms with Gasteiger partial charge >= 0.3 is 0 Å². The predicted molar refractivity (Wildman–Crippen MR) is 114 cm³/mol. The van der Waals surface area contributed by atoms with Gasteiger partial charge in [-0.2, -0.15) is 5.10 Å². The van der Waals surface area contributed by atoms with Crippen LogP contribution in [-0.4, -0.2) is 12.1 Å². The highest BCUT2D eigenvalue weighted by Crippen LogP contribution is 2.21. The molecule has 3 aromatic rings. The van der Waals surface area contributed by atoms with Crippen LogP contribution in [0.5, 0.6) is 5.75 Å². The number of carbonyl (C=O) groups excluding carboxylic acids is 1. The van der Waals surface area contributed by atoms with Crippen LogP contribution in [0.25, 0.3) is 0 Å². The number of hydrogen-bond donors (Lipinski definition) is 1. The standard InChI is InChI=1S/C21H15Cl3N2O2/c22-16-7-5-14(6-8-16)13-28-20-4-2-1-3-15(20)12-25-26-21(27)18-10-9-17(23)11-19(18)24/h1-12H,13H2,(H,26,27)/b25-12+. The minimum atomic E-state index is -0.433. The molecule has 7 heteroatoms. The Morgan fingerprint density at radius 3 is 2.43 bits per heavy atom. The van der Waals surface area contributed by atoms with Crippen LogP contribution in [0.4, 0.5) is 0 Å². The molecule has 28 heavy (non-hydrogen) atoms. The van der Waals surface area contributed by atoms with Gasteiger partial charge in [0.2, 0.25) is 0 Å². The van der Waals surface area contributed by atoms with Gasteiger partial charge in [0.1, 0.15) is 12.4 Å². The number of carbonyl (C=O) groups is 1. The number of nitrogens with zero attached hydrogens (tertiary/aromatic N) is 1. The second-order valence-corrected chi connectivity index (χ2v) is 7.06. The first-order valence-corrected chi connectivity index (χ1v) is 9.41. The van der Waals surface area contributed by atoms with Crippen molar-refractivity contribution in [3.8, 4) is 5.75 Å². The van der Waals surface area contributed by atoms with Crippen LogP contribution < -0.4 is 10.2 Å². The molecule has 0 saturated carbocycles. The largest absolute Gasteiger partial charge is 0.488 e. The second-order valence-electron chi connectivity index (χ2n) is 5.78. The molecule has 0 spiro atoms. The van der Waals surface area contributed by atoms with Crippen molar-refractivity contribution in [1.82, 2.24) is 5.43 Å². The van der Waals surface area contributed by atoms with Crippen LogP contribution in [0.15, 0.2) is 71.8 Å². The van der Waals surface area contributed by atoms with E-state index in [-0.39, 0.29) is 10.6 Å². The highest BCUT2D eigenvalue weighted by Gasteiger charge is 2.10. The minimum Gasteiger partial charge on any atom is -0.488 e. The Balaban J connectivity index is 1.65. The number of benzene rings is 3. The maximum atomic E-state index is 12.2. The first-order valence-electron chi connectivity index (χ1n) is 8.27. The van der Waals surface area contributed by atoms with E-state index in [2.05, 4.69) is 10.5 Å². The van der Waals surface area contributed by atoms with Gasteiger partial charge in [0, 0.05) is 15.6 Å². The number of ether oxygens (including phenoxy) is 1. The van der Waals surface area contributed by atoms with Crippen molar-refractivity contribution in [2.24, 2.45) is 5.10 Å². The molecule has 3 aromatic carbocycles. The Morgan fingerprint density at radius 2 is 1.68 bits per heavy atom. The van der Waals surface area contributed by atoms with Crippen molar-refractivity contribution in [2.45, 2.75) is 6.61 Å². The number of amides is 1. The molecule has 0 unspecified atom stereocenters. The molecule has 0 aromatic heterocycles.